The third kappa shape index (κ3) is 4.75. The monoisotopic (exact) mass is 395 g/mol. The van der Waals surface area contributed by atoms with Gasteiger partial charge >= 0.3 is 0 Å². The summed E-state index contributed by atoms with van der Waals surface area (Å²) < 4.78 is 27.4. The zero-order valence-electron chi connectivity index (χ0n) is 15.6. The van der Waals surface area contributed by atoms with Gasteiger partial charge in [0, 0.05) is 24.8 Å². The van der Waals surface area contributed by atoms with Crippen molar-refractivity contribution >= 4 is 33.0 Å². The molecule has 2 N–H and O–H groups in total. The molecule has 2 unspecified atom stereocenters. The molecule has 1 aromatic rings. The highest BCUT2D eigenvalue weighted by Crippen LogP contribution is 2.27. The van der Waals surface area contributed by atoms with Gasteiger partial charge in [-0.1, -0.05) is 26.7 Å². The largest absolute Gasteiger partial charge is 0.360 e. The molecule has 0 amide bonds. The van der Waals surface area contributed by atoms with Crippen LogP contribution in [0.15, 0.2) is 29.2 Å². The number of hydrogen-bond donors (Lipinski definition) is 2. The lowest BCUT2D eigenvalue weighted by Gasteiger charge is -2.34. The van der Waals surface area contributed by atoms with E-state index in [9.17, 15) is 8.42 Å². The van der Waals surface area contributed by atoms with E-state index in [1.807, 2.05) is 0 Å². The van der Waals surface area contributed by atoms with Crippen molar-refractivity contribution in [2.45, 2.75) is 56.9 Å². The summed E-state index contributed by atoms with van der Waals surface area (Å²) in [4.78, 5) is 0.346. The fraction of sp³-hybridized carbons (Fsp3) is 0.632. The smallest absolute Gasteiger partial charge is 0.243 e. The van der Waals surface area contributed by atoms with Crippen LogP contribution in [0.5, 0.6) is 0 Å². The molecule has 7 heteroatoms. The van der Waals surface area contributed by atoms with E-state index in [0.29, 0.717) is 41.0 Å². The van der Waals surface area contributed by atoms with Crippen LogP contribution in [0.2, 0.25) is 0 Å². The highest BCUT2D eigenvalue weighted by Gasteiger charge is 2.31. The van der Waals surface area contributed by atoms with Gasteiger partial charge in [-0.15, -0.1) is 0 Å². The first-order chi connectivity index (χ1) is 12.3. The van der Waals surface area contributed by atoms with Gasteiger partial charge in [0.15, 0.2) is 5.11 Å². The first kappa shape index (κ1) is 19.6. The minimum atomic E-state index is -3.43. The number of nitrogens with zero attached hydrogens (tertiary/aromatic N) is 1. The fourth-order valence-electron chi connectivity index (χ4n) is 4.08. The van der Waals surface area contributed by atoms with Gasteiger partial charge in [-0.25, -0.2) is 8.42 Å². The van der Waals surface area contributed by atoms with Crippen LogP contribution in [0.25, 0.3) is 0 Å². The third-order valence-corrected chi connectivity index (χ3v) is 7.34. The molecule has 1 saturated heterocycles. The van der Waals surface area contributed by atoms with Gasteiger partial charge in [0.1, 0.15) is 0 Å². The molecule has 1 aliphatic carbocycles. The number of benzene rings is 1. The lowest BCUT2D eigenvalue weighted by molar-refractivity contribution is 0.222. The van der Waals surface area contributed by atoms with E-state index in [4.69, 9.17) is 12.2 Å². The van der Waals surface area contributed by atoms with Crippen molar-refractivity contribution in [1.82, 2.24) is 9.62 Å². The Morgan fingerprint density at radius 3 is 2.23 bits per heavy atom. The first-order valence-corrected chi connectivity index (χ1v) is 11.4. The lowest BCUT2D eigenvalue weighted by atomic mass is 9.94. The molecule has 1 aromatic carbocycles. The summed E-state index contributed by atoms with van der Waals surface area (Å²) in [6, 6.07) is 7.36. The standard InChI is InChI=1S/C19H29N3O2S2/c1-14-11-15(2)13-22(12-14)26(23,24)18-9-7-17(8-10-18)21-19(25)20-16-5-3-4-6-16/h7-10,14-16H,3-6,11-13H2,1-2H3,(H2,20,21,25). The van der Waals surface area contributed by atoms with Crippen LogP contribution < -0.4 is 10.6 Å². The zero-order valence-corrected chi connectivity index (χ0v) is 17.2. The number of thiocarbonyl (C=S) groups is 1. The van der Waals surface area contributed by atoms with Gasteiger partial charge in [0.05, 0.1) is 4.90 Å². The van der Waals surface area contributed by atoms with Gasteiger partial charge < -0.3 is 10.6 Å². The second kappa shape index (κ2) is 8.23. The highest BCUT2D eigenvalue weighted by atomic mass is 32.2. The average Bonchev–Trinajstić information content (AvgIpc) is 3.07. The van der Waals surface area contributed by atoms with Gasteiger partial charge in [0.2, 0.25) is 10.0 Å². The number of piperidine rings is 1. The first-order valence-electron chi connectivity index (χ1n) is 9.52. The van der Waals surface area contributed by atoms with Crippen LogP contribution in [-0.2, 0) is 10.0 Å². The summed E-state index contributed by atoms with van der Waals surface area (Å²) in [6.07, 6.45) is 5.90. The number of sulfonamides is 1. The molecule has 2 aliphatic rings. The van der Waals surface area contributed by atoms with Crippen LogP contribution in [-0.4, -0.2) is 37.0 Å². The number of rotatable bonds is 4. The minimum Gasteiger partial charge on any atom is -0.360 e. The van der Waals surface area contributed by atoms with Crippen molar-refractivity contribution in [3.63, 3.8) is 0 Å². The Kier molecular flexibility index (Phi) is 6.20. The van der Waals surface area contributed by atoms with Crippen molar-refractivity contribution in [2.75, 3.05) is 18.4 Å². The Balaban J connectivity index is 1.63. The maximum atomic E-state index is 12.9. The molecule has 0 bridgehead atoms. The average molecular weight is 396 g/mol. The minimum absolute atomic E-state index is 0.346. The Bertz CT molecular complexity index is 718. The normalized spacial score (nSPS) is 25.2. The predicted octanol–water partition coefficient (Wildman–Crippen LogP) is 3.58. The summed E-state index contributed by atoms with van der Waals surface area (Å²) in [6.45, 7) is 5.43. The Morgan fingerprint density at radius 1 is 1.08 bits per heavy atom. The quantitative estimate of drug-likeness (QED) is 0.763. The number of nitrogens with one attached hydrogen (secondary N) is 2. The van der Waals surface area contributed by atoms with Crippen molar-refractivity contribution in [3.05, 3.63) is 24.3 Å². The van der Waals surface area contributed by atoms with E-state index in [0.717, 1.165) is 24.9 Å². The molecule has 3 rings (SSSR count). The van der Waals surface area contributed by atoms with Gasteiger partial charge in [-0.2, -0.15) is 4.31 Å². The van der Waals surface area contributed by atoms with Crippen LogP contribution in [0.3, 0.4) is 0 Å². The second-order valence-electron chi connectivity index (χ2n) is 7.87. The molecule has 144 valence electrons. The van der Waals surface area contributed by atoms with E-state index < -0.39 is 10.0 Å². The third-order valence-electron chi connectivity index (χ3n) is 5.28. The summed E-state index contributed by atoms with van der Waals surface area (Å²) in [5.74, 6) is 0.794. The fourth-order valence-corrected chi connectivity index (χ4v) is 6.05. The van der Waals surface area contributed by atoms with E-state index in [1.165, 1.54) is 12.8 Å². The van der Waals surface area contributed by atoms with E-state index in [2.05, 4.69) is 24.5 Å². The Hall–Kier alpha value is -1.18. The Labute approximate surface area is 162 Å². The molecule has 2 atom stereocenters. The molecule has 5 nitrogen and oxygen atoms in total. The van der Waals surface area contributed by atoms with Crippen LogP contribution in [0, 0.1) is 11.8 Å². The van der Waals surface area contributed by atoms with Crippen LogP contribution in [0.1, 0.15) is 46.0 Å². The summed E-state index contributed by atoms with van der Waals surface area (Å²) in [7, 11) is -3.43. The lowest BCUT2D eigenvalue weighted by Crippen LogP contribution is -2.42. The molecule has 0 radical (unpaired) electrons. The van der Waals surface area contributed by atoms with E-state index in [1.54, 1.807) is 28.6 Å². The molecule has 1 heterocycles. The van der Waals surface area contributed by atoms with E-state index in [-0.39, 0.29) is 0 Å². The zero-order chi connectivity index (χ0) is 18.7. The maximum Gasteiger partial charge on any atom is 0.243 e. The Morgan fingerprint density at radius 2 is 1.65 bits per heavy atom. The molecule has 0 aromatic heterocycles. The van der Waals surface area contributed by atoms with Crippen LogP contribution >= 0.6 is 12.2 Å². The van der Waals surface area contributed by atoms with Crippen molar-refractivity contribution in [3.8, 4) is 0 Å². The highest BCUT2D eigenvalue weighted by molar-refractivity contribution is 7.89. The van der Waals surface area contributed by atoms with Gasteiger partial charge in [0.25, 0.3) is 0 Å². The molecule has 1 aliphatic heterocycles. The number of hydrogen-bond acceptors (Lipinski definition) is 3. The molecule has 1 saturated carbocycles. The van der Waals surface area contributed by atoms with E-state index >= 15 is 0 Å². The van der Waals surface area contributed by atoms with Gasteiger partial charge in [-0.3, -0.25) is 0 Å². The molecule has 26 heavy (non-hydrogen) atoms. The topological polar surface area (TPSA) is 61.4 Å². The second-order valence-corrected chi connectivity index (χ2v) is 10.2. The maximum absolute atomic E-state index is 12.9. The molecule has 0 spiro atoms. The summed E-state index contributed by atoms with van der Waals surface area (Å²) in [5, 5.41) is 7.08. The summed E-state index contributed by atoms with van der Waals surface area (Å²) in [5.41, 5.74) is 0.805. The summed E-state index contributed by atoms with van der Waals surface area (Å²) >= 11 is 5.36. The van der Waals surface area contributed by atoms with Gasteiger partial charge in [-0.05, 0) is 67.6 Å². The molecular weight excluding hydrogens is 366 g/mol. The number of anilines is 1. The molecule has 2 fully saturated rings. The predicted molar refractivity (Wildman–Crippen MR) is 110 cm³/mol. The molecular formula is C19H29N3O2S2. The SMILES string of the molecule is CC1CC(C)CN(S(=O)(=O)c2ccc(NC(=S)NC3CCCC3)cc2)C1. The van der Waals surface area contributed by atoms with Crippen molar-refractivity contribution < 1.29 is 8.42 Å². The van der Waals surface area contributed by atoms with Crippen molar-refractivity contribution in [1.29, 1.82) is 0 Å². The van der Waals surface area contributed by atoms with Crippen molar-refractivity contribution in [2.24, 2.45) is 11.8 Å². The van der Waals surface area contributed by atoms with Crippen LogP contribution in [0.4, 0.5) is 5.69 Å².